The zero-order valence-electron chi connectivity index (χ0n) is 13.3. The van der Waals surface area contributed by atoms with Crippen molar-refractivity contribution < 1.29 is 4.79 Å². The molecule has 1 unspecified atom stereocenters. The lowest BCUT2D eigenvalue weighted by molar-refractivity contribution is -0.117. The lowest BCUT2D eigenvalue weighted by Crippen LogP contribution is -2.24. The van der Waals surface area contributed by atoms with Crippen molar-refractivity contribution >= 4 is 23.2 Å². The zero-order chi connectivity index (χ0) is 16.2. The molecule has 1 fully saturated rings. The Bertz CT molecular complexity index is 654. The first-order chi connectivity index (χ1) is 11.1. The van der Waals surface area contributed by atoms with E-state index in [4.69, 9.17) is 11.6 Å². The van der Waals surface area contributed by atoms with Crippen LogP contribution in [-0.4, -0.2) is 25.5 Å². The molecule has 5 heteroatoms. The number of nitrogens with zero attached hydrogens (tertiary/aromatic N) is 1. The molecule has 0 bridgehead atoms. The van der Waals surface area contributed by atoms with Crippen molar-refractivity contribution in [2.75, 3.05) is 24.5 Å². The number of carbonyl (C=O) groups excluding carboxylic acids is 1. The average molecular weight is 332 g/mol. The fraction of sp³-hybridized carbons (Fsp3) is 0.389. The van der Waals surface area contributed by atoms with Crippen LogP contribution < -0.4 is 15.5 Å². The van der Waals surface area contributed by atoms with Crippen molar-refractivity contribution in [2.24, 2.45) is 0 Å². The van der Waals surface area contributed by atoms with Gasteiger partial charge in [-0.1, -0.05) is 30.7 Å². The SMILES string of the molecule is CC(CNC1=CNCC=C1)c1ccc(N2CCCC2=O)cc1Cl. The quantitative estimate of drug-likeness (QED) is 0.871. The maximum absolute atomic E-state index is 11.8. The predicted octanol–water partition coefficient (Wildman–Crippen LogP) is 3.16. The van der Waals surface area contributed by atoms with Crippen LogP contribution in [0.25, 0.3) is 0 Å². The Labute approximate surface area is 142 Å². The average Bonchev–Trinajstić information content (AvgIpc) is 2.99. The summed E-state index contributed by atoms with van der Waals surface area (Å²) in [6, 6.07) is 5.96. The molecule has 2 aliphatic heterocycles. The Morgan fingerprint density at radius 3 is 2.96 bits per heavy atom. The third-order valence-electron chi connectivity index (χ3n) is 4.30. The number of anilines is 1. The van der Waals surface area contributed by atoms with Crippen molar-refractivity contribution in [3.63, 3.8) is 0 Å². The van der Waals surface area contributed by atoms with Gasteiger partial charge in [0.25, 0.3) is 0 Å². The number of hydrogen-bond acceptors (Lipinski definition) is 3. The van der Waals surface area contributed by atoms with Crippen molar-refractivity contribution in [3.8, 4) is 0 Å². The lowest BCUT2D eigenvalue weighted by atomic mass is 10.0. The van der Waals surface area contributed by atoms with E-state index in [0.717, 1.165) is 48.0 Å². The van der Waals surface area contributed by atoms with Crippen molar-refractivity contribution in [3.05, 3.63) is 52.8 Å². The van der Waals surface area contributed by atoms with Gasteiger partial charge in [-0.25, -0.2) is 0 Å². The minimum absolute atomic E-state index is 0.187. The van der Waals surface area contributed by atoms with Crippen molar-refractivity contribution in [2.45, 2.75) is 25.7 Å². The number of rotatable bonds is 5. The van der Waals surface area contributed by atoms with Crippen LogP contribution in [0.3, 0.4) is 0 Å². The van der Waals surface area contributed by atoms with Crippen LogP contribution in [0.1, 0.15) is 31.2 Å². The van der Waals surface area contributed by atoms with E-state index in [1.54, 1.807) is 0 Å². The van der Waals surface area contributed by atoms with Crippen LogP contribution in [0.15, 0.2) is 42.2 Å². The summed E-state index contributed by atoms with van der Waals surface area (Å²) in [5.41, 5.74) is 3.09. The summed E-state index contributed by atoms with van der Waals surface area (Å²) in [5, 5.41) is 7.31. The Hall–Kier alpha value is -1.94. The van der Waals surface area contributed by atoms with Gasteiger partial charge in [0.05, 0.1) is 0 Å². The van der Waals surface area contributed by atoms with E-state index in [9.17, 15) is 4.79 Å². The Balaban J connectivity index is 1.66. The van der Waals surface area contributed by atoms with E-state index in [0.29, 0.717) is 6.42 Å². The number of halogens is 1. The summed E-state index contributed by atoms with van der Waals surface area (Å²) in [5.74, 6) is 0.467. The normalized spacial score (nSPS) is 18.6. The standard InChI is InChI=1S/C18H22ClN3O/c1-13(11-21-14-4-2-8-20-12-14)16-7-6-15(10-17(16)19)22-9-3-5-18(22)23/h2,4,6-7,10,12-13,20-21H,3,5,8-9,11H2,1H3. The maximum atomic E-state index is 11.8. The van der Waals surface area contributed by atoms with Crippen LogP contribution in [0, 0.1) is 0 Å². The van der Waals surface area contributed by atoms with E-state index in [1.807, 2.05) is 29.3 Å². The lowest BCUT2D eigenvalue weighted by Gasteiger charge is -2.20. The van der Waals surface area contributed by atoms with Gasteiger partial charge < -0.3 is 15.5 Å². The minimum atomic E-state index is 0.187. The molecule has 122 valence electrons. The molecule has 0 aliphatic carbocycles. The monoisotopic (exact) mass is 331 g/mol. The smallest absolute Gasteiger partial charge is 0.227 e. The molecule has 0 spiro atoms. The second kappa shape index (κ2) is 7.09. The molecule has 2 heterocycles. The summed E-state index contributed by atoms with van der Waals surface area (Å²) in [4.78, 5) is 13.7. The molecule has 0 aromatic heterocycles. The number of hydrogen-bond donors (Lipinski definition) is 2. The molecular weight excluding hydrogens is 310 g/mol. The summed E-state index contributed by atoms with van der Waals surface area (Å²) < 4.78 is 0. The molecule has 0 saturated carbocycles. The second-order valence-electron chi connectivity index (χ2n) is 6.05. The third-order valence-corrected chi connectivity index (χ3v) is 4.63. The largest absolute Gasteiger partial charge is 0.386 e. The fourth-order valence-corrected chi connectivity index (χ4v) is 3.33. The van der Waals surface area contributed by atoms with Gasteiger partial charge in [0.2, 0.25) is 5.91 Å². The molecule has 2 N–H and O–H groups in total. The van der Waals surface area contributed by atoms with E-state index in [-0.39, 0.29) is 11.8 Å². The minimum Gasteiger partial charge on any atom is -0.386 e. The van der Waals surface area contributed by atoms with E-state index >= 15 is 0 Å². The highest BCUT2D eigenvalue weighted by Gasteiger charge is 2.22. The van der Waals surface area contributed by atoms with Gasteiger partial charge in [-0.15, -0.1) is 0 Å². The van der Waals surface area contributed by atoms with E-state index < -0.39 is 0 Å². The van der Waals surface area contributed by atoms with Crippen LogP contribution in [0.4, 0.5) is 5.69 Å². The predicted molar refractivity (Wildman–Crippen MR) is 94.7 cm³/mol. The molecular formula is C18H22ClN3O. The highest BCUT2D eigenvalue weighted by molar-refractivity contribution is 6.31. The van der Waals surface area contributed by atoms with Crippen LogP contribution in [0.2, 0.25) is 5.02 Å². The van der Waals surface area contributed by atoms with Gasteiger partial charge in [-0.05, 0) is 36.1 Å². The zero-order valence-corrected chi connectivity index (χ0v) is 14.1. The highest BCUT2D eigenvalue weighted by atomic mass is 35.5. The second-order valence-corrected chi connectivity index (χ2v) is 6.45. The van der Waals surface area contributed by atoms with Gasteiger partial charge >= 0.3 is 0 Å². The molecule has 1 amide bonds. The topological polar surface area (TPSA) is 44.4 Å². The number of nitrogens with one attached hydrogen (secondary N) is 2. The van der Waals surface area contributed by atoms with Crippen LogP contribution in [0.5, 0.6) is 0 Å². The molecule has 2 aliphatic rings. The Morgan fingerprint density at radius 1 is 1.43 bits per heavy atom. The molecule has 1 saturated heterocycles. The Morgan fingerprint density at radius 2 is 2.30 bits per heavy atom. The fourth-order valence-electron chi connectivity index (χ4n) is 2.97. The number of carbonyl (C=O) groups is 1. The van der Waals surface area contributed by atoms with Crippen LogP contribution >= 0.6 is 11.6 Å². The molecule has 23 heavy (non-hydrogen) atoms. The number of allylic oxidation sites excluding steroid dienone is 1. The first kappa shape index (κ1) is 15.9. The van der Waals surface area contributed by atoms with Gasteiger partial charge in [0.1, 0.15) is 0 Å². The Kier molecular flexibility index (Phi) is 4.91. The maximum Gasteiger partial charge on any atom is 0.227 e. The first-order valence-electron chi connectivity index (χ1n) is 8.09. The first-order valence-corrected chi connectivity index (χ1v) is 8.47. The molecule has 4 nitrogen and oxygen atoms in total. The summed E-state index contributed by atoms with van der Waals surface area (Å²) in [7, 11) is 0. The summed E-state index contributed by atoms with van der Waals surface area (Å²) >= 11 is 6.47. The van der Waals surface area contributed by atoms with E-state index in [1.165, 1.54) is 0 Å². The number of amides is 1. The molecule has 3 rings (SSSR count). The van der Waals surface area contributed by atoms with E-state index in [2.05, 4.69) is 29.7 Å². The van der Waals surface area contributed by atoms with Gasteiger partial charge in [0, 0.05) is 48.7 Å². The molecule has 1 atom stereocenters. The summed E-state index contributed by atoms with van der Waals surface area (Å²) in [6.07, 6.45) is 7.71. The van der Waals surface area contributed by atoms with Crippen molar-refractivity contribution in [1.82, 2.24) is 10.6 Å². The van der Waals surface area contributed by atoms with Gasteiger partial charge in [-0.3, -0.25) is 4.79 Å². The molecule has 1 aromatic rings. The number of dihydropyridines is 1. The van der Waals surface area contributed by atoms with Crippen LogP contribution in [-0.2, 0) is 4.79 Å². The van der Waals surface area contributed by atoms with Gasteiger partial charge in [-0.2, -0.15) is 0 Å². The molecule has 1 aromatic carbocycles. The number of benzene rings is 1. The van der Waals surface area contributed by atoms with Gasteiger partial charge in [0.15, 0.2) is 0 Å². The molecule has 0 radical (unpaired) electrons. The van der Waals surface area contributed by atoms with Crippen molar-refractivity contribution in [1.29, 1.82) is 0 Å². The highest BCUT2D eigenvalue weighted by Crippen LogP contribution is 2.30. The summed E-state index contributed by atoms with van der Waals surface area (Å²) in [6.45, 7) is 4.62. The third kappa shape index (κ3) is 3.70.